The van der Waals surface area contributed by atoms with Gasteiger partial charge in [-0.05, 0) is 42.2 Å². The van der Waals surface area contributed by atoms with Crippen molar-refractivity contribution < 1.29 is 4.79 Å². The van der Waals surface area contributed by atoms with E-state index in [0.29, 0.717) is 39.3 Å². The van der Waals surface area contributed by atoms with E-state index >= 15 is 0 Å². The predicted molar refractivity (Wildman–Crippen MR) is 131 cm³/mol. The zero-order chi connectivity index (χ0) is 22.2. The Morgan fingerprint density at radius 2 is 1.97 bits per heavy atom. The topological polar surface area (TPSA) is 74.8 Å². The number of halogens is 2. The Morgan fingerprint density at radius 1 is 1.12 bits per heavy atom. The van der Waals surface area contributed by atoms with Gasteiger partial charge in [-0.2, -0.15) is 0 Å². The number of aromatic nitrogens is 2. The first-order valence-electron chi connectivity index (χ1n) is 10.3. The summed E-state index contributed by atoms with van der Waals surface area (Å²) >= 11 is 11.2. The van der Waals surface area contributed by atoms with Crippen LogP contribution < -0.4 is 10.9 Å². The lowest BCUT2D eigenvalue weighted by atomic mass is 9.76. The highest BCUT2D eigenvalue weighted by molar-refractivity contribution is 9.10. The maximum Gasteiger partial charge on any atom is 0.257 e. The number of Topliss-reactive ketones (excluding diaryl/α,β-unsaturated/α-hetero) is 1. The highest BCUT2D eigenvalue weighted by atomic mass is 79.9. The average Bonchev–Trinajstić information content (AvgIpc) is 2.77. The number of nitrogens with zero attached hydrogens (tertiary/aromatic N) is 1. The molecule has 0 saturated carbocycles. The quantitative estimate of drug-likeness (QED) is 0.319. The summed E-state index contributed by atoms with van der Waals surface area (Å²) in [4.78, 5) is 33.9. The van der Waals surface area contributed by atoms with Gasteiger partial charge >= 0.3 is 0 Å². The number of thioether (sulfide) groups is 1. The van der Waals surface area contributed by atoms with Crippen molar-refractivity contribution in [1.82, 2.24) is 9.97 Å². The summed E-state index contributed by atoms with van der Waals surface area (Å²) in [5, 5.41) is 4.51. The van der Waals surface area contributed by atoms with Gasteiger partial charge in [0.25, 0.3) is 5.56 Å². The molecule has 0 bridgehead atoms. The average molecular weight is 529 g/mol. The van der Waals surface area contributed by atoms with Crippen molar-refractivity contribution >= 4 is 50.9 Å². The third-order valence-electron chi connectivity index (χ3n) is 5.74. The van der Waals surface area contributed by atoms with Crippen molar-refractivity contribution in [2.75, 3.05) is 5.32 Å². The number of rotatable bonds is 4. The van der Waals surface area contributed by atoms with Crippen LogP contribution in [0.15, 0.2) is 74.2 Å². The molecule has 0 saturated heterocycles. The van der Waals surface area contributed by atoms with Gasteiger partial charge in [0, 0.05) is 38.9 Å². The largest absolute Gasteiger partial charge is 0.343 e. The number of ketones is 1. The van der Waals surface area contributed by atoms with Crippen molar-refractivity contribution in [3.8, 4) is 0 Å². The molecule has 0 radical (unpaired) electrons. The van der Waals surface area contributed by atoms with Gasteiger partial charge in [-0.3, -0.25) is 9.59 Å². The molecule has 32 heavy (non-hydrogen) atoms. The zero-order valence-electron chi connectivity index (χ0n) is 17.0. The molecule has 162 valence electrons. The Kier molecular flexibility index (Phi) is 5.97. The van der Waals surface area contributed by atoms with Gasteiger partial charge in [0.15, 0.2) is 10.9 Å². The normalized spacial score (nSPS) is 17.6. The van der Waals surface area contributed by atoms with Crippen LogP contribution in [0.4, 0.5) is 5.82 Å². The lowest BCUT2D eigenvalue weighted by molar-refractivity contribution is -0.116. The van der Waals surface area contributed by atoms with E-state index in [4.69, 9.17) is 16.6 Å². The number of hydrogen-bond donors (Lipinski definition) is 2. The fourth-order valence-electron chi connectivity index (χ4n) is 4.29. The molecule has 5 rings (SSSR count). The molecular formula is C24H19BrClN3O2S. The van der Waals surface area contributed by atoms with E-state index < -0.39 is 5.92 Å². The van der Waals surface area contributed by atoms with Gasteiger partial charge in [-0.25, -0.2) is 4.98 Å². The lowest BCUT2D eigenvalue weighted by Gasteiger charge is -2.32. The van der Waals surface area contributed by atoms with Crippen LogP contribution in [-0.4, -0.2) is 15.8 Å². The Labute approximate surface area is 202 Å². The summed E-state index contributed by atoms with van der Waals surface area (Å²) in [6.45, 7) is 0. The summed E-state index contributed by atoms with van der Waals surface area (Å²) in [5.41, 5.74) is 3.68. The second-order valence-electron chi connectivity index (χ2n) is 7.80. The van der Waals surface area contributed by atoms with E-state index in [-0.39, 0.29) is 11.3 Å². The minimum Gasteiger partial charge on any atom is -0.343 e. The second kappa shape index (κ2) is 8.89. The van der Waals surface area contributed by atoms with Crippen LogP contribution in [0, 0.1) is 0 Å². The molecule has 0 unspecified atom stereocenters. The van der Waals surface area contributed by atoms with Crippen molar-refractivity contribution in [2.24, 2.45) is 0 Å². The fourth-order valence-corrected chi connectivity index (χ4v) is 5.85. The van der Waals surface area contributed by atoms with Crippen LogP contribution in [0.3, 0.4) is 0 Å². The molecule has 2 aromatic carbocycles. The van der Waals surface area contributed by atoms with Crippen LogP contribution in [0.25, 0.3) is 0 Å². The van der Waals surface area contributed by atoms with E-state index in [9.17, 15) is 9.59 Å². The smallest absolute Gasteiger partial charge is 0.257 e. The van der Waals surface area contributed by atoms with Gasteiger partial charge < -0.3 is 10.3 Å². The van der Waals surface area contributed by atoms with Crippen LogP contribution in [-0.2, 0) is 10.5 Å². The van der Waals surface area contributed by atoms with Gasteiger partial charge in [0.1, 0.15) is 5.82 Å². The number of allylic oxidation sites excluding steroid dienone is 2. The van der Waals surface area contributed by atoms with Crippen molar-refractivity contribution in [2.45, 2.75) is 36.1 Å². The number of carbonyl (C=O) groups is 1. The Hall–Kier alpha value is -2.35. The predicted octanol–water partition coefficient (Wildman–Crippen LogP) is 6.04. The number of hydrogen-bond acceptors (Lipinski definition) is 5. The highest BCUT2D eigenvalue weighted by Crippen LogP contribution is 2.44. The number of benzene rings is 2. The second-order valence-corrected chi connectivity index (χ2v) is 10.1. The summed E-state index contributed by atoms with van der Waals surface area (Å²) in [6, 6.07) is 15.4. The van der Waals surface area contributed by atoms with Crippen LogP contribution in [0.1, 0.15) is 41.9 Å². The third kappa shape index (κ3) is 4.05. The number of fused-ring (bicyclic) bond motifs is 1. The molecule has 2 N–H and O–H groups in total. The van der Waals surface area contributed by atoms with Crippen LogP contribution >= 0.6 is 39.3 Å². The Bertz CT molecular complexity index is 1320. The van der Waals surface area contributed by atoms with Crippen LogP contribution in [0.2, 0.25) is 5.02 Å². The van der Waals surface area contributed by atoms with Gasteiger partial charge in [-0.15, -0.1) is 0 Å². The molecule has 3 aromatic rings. The van der Waals surface area contributed by atoms with Gasteiger partial charge in [0.05, 0.1) is 5.56 Å². The standard InChI is InChI=1S/C24H19BrClN3O2S/c25-15-7-3-6-13(11-15)19-20-17(9-4-10-18(20)30)27-22-21(19)23(31)29-24(28-22)32-12-14-5-1-2-8-16(14)26/h1-3,5-8,11,19H,4,9-10,12H2,(H2,27,28,29,31)/t19-/m1/s1. The number of aromatic amines is 1. The molecule has 0 amide bonds. The summed E-state index contributed by atoms with van der Waals surface area (Å²) < 4.78 is 0.900. The summed E-state index contributed by atoms with van der Waals surface area (Å²) in [5.74, 6) is 0.758. The molecule has 1 aliphatic carbocycles. The molecule has 1 aliphatic heterocycles. The Morgan fingerprint density at radius 3 is 2.78 bits per heavy atom. The lowest BCUT2D eigenvalue weighted by Crippen LogP contribution is -2.32. The SMILES string of the molecule is O=C1CCCC2=C1[C@@H](c1cccc(Br)c1)c1c(nc(SCc3ccccc3Cl)[nH]c1=O)N2. The van der Waals surface area contributed by atoms with E-state index in [1.165, 1.54) is 11.8 Å². The molecule has 1 aromatic heterocycles. The molecular weight excluding hydrogens is 510 g/mol. The van der Waals surface area contributed by atoms with Gasteiger partial charge in [-0.1, -0.05) is 69.6 Å². The monoisotopic (exact) mass is 527 g/mol. The van der Waals surface area contributed by atoms with E-state index in [0.717, 1.165) is 34.1 Å². The number of anilines is 1. The maximum atomic E-state index is 13.3. The highest BCUT2D eigenvalue weighted by Gasteiger charge is 2.37. The van der Waals surface area contributed by atoms with Crippen molar-refractivity contribution in [3.05, 3.63) is 96.3 Å². The number of H-pyrrole nitrogens is 1. The summed E-state index contributed by atoms with van der Waals surface area (Å²) in [7, 11) is 0. The third-order valence-corrected chi connectivity index (χ3v) is 7.52. The molecule has 8 heteroatoms. The zero-order valence-corrected chi connectivity index (χ0v) is 20.1. The molecule has 2 heterocycles. The first-order valence-corrected chi connectivity index (χ1v) is 12.5. The van der Waals surface area contributed by atoms with E-state index in [1.807, 2.05) is 48.5 Å². The van der Waals surface area contributed by atoms with Crippen molar-refractivity contribution in [1.29, 1.82) is 0 Å². The molecule has 2 aliphatic rings. The Balaban J connectivity index is 1.57. The van der Waals surface area contributed by atoms with E-state index in [2.05, 4.69) is 26.2 Å². The van der Waals surface area contributed by atoms with Gasteiger partial charge in [0.2, 0.25) is 0 Å². The number of nitrogens with one attached hydrogen (secondary N) is 2. The fraction of sp³-hybridized carbons (Fsp3) is 0.208. The first-order chi connectivity index (χ1) is 15.5. The minimum atomic E-state index is -0.439. The molecule has 0 fully saturated rings. The van der Waals surface area contributed by atoms with Crippen molar-refractivity contribution in [3.63, 3.8) is 0 Å². The molecule has 0 spiro atoms. The molecule has 5 nitrogen and oxygen atoms in total. The minimum absolute atomic E-state index is 0.0888. The molecule has 1 atom stereocenters. The van der Waals surface area contributed by atoms with Crippen LogP contribution in [0.5, 0.6) is 0 Å². The number of carbonyl (C=O) groups excluding carboxylic acids is 1. The maximum absolute atomic E-state index is 13.3. The van der Waals surface area contributed by atoms with E-state index in [1.54, 1.807) is 0 Å². The summed E-state index contributed by atoms with van der Waals surface area (Å²) in [6.07, 6.45) is 2.06. The first kappa shape index (κ1) is 21.5.